The molecule has 5 nitrogen and oxygen atoms in total. The van der Waals surface area contributed by atoms with Crippen LogP contribution in [0.3, 0.4) is 0 Å². The monoisotopic (exact) mass is 210 g/mol. The van der Waals surface area contributed by atoms with Crippen molar-refractivity contribution in [1.29, 1.82) is 0 Å². The summed E-state index contributed by atoms with van der Waals surface area (Å²) in [7, 11) is 0. The number of pyridine rings is 1. The Balaban J connectivity index is 2.68. The number of nitrogens with one attached hydrogen (secondary N) is 2. The van der Waals surface area contributed by atoms with Crippen LogP contribution in [0.5, 0.6) is 0 Å². The zero-order valence-corrected chi connectivity index (χ0v) is 8.39. The second kappa shape index (κ2) is 4.52. The van der Waals surface area contributed by atoms with Crippen molar-refractivity contribution in [3.63, 3.8) is 0 Å². The summed E-state index contributed by atoms with van der Waals surface area (Å²) >= 11 is 4.65. The van der Waals surface area contributed by atoms with Crippen LogP contribution in [-0.2, 0) is 4.79 Å². The van der Waals surface area contributed by atoms with Gasteiger partial charge in [0.25, 0.3) is 0 Å². The van der Waals surface area contributed by atoms with Gasteiger partial charge in [-0.15, -0.1) is 0 Å². The molecule has 74 valence electrons. The van der Waals surface area contributed by atoms with Crippen molar-refractivity contribution < 1.29 is 4.79 Å². The SMILES string of the molecule is CC(=O)Nc1ccc(NC(N)=S)cn1. The first-order chi connectivity index (χ1) is 6.58. The Kier molecular flexibility index (Phi) is 3.35. The van der Waals surface area contributed by atoms with Gasteiger partial charge >= 0.3 is 0 Å². The highest BCUT2D eigenvalue weighted by Crippen LogP contribution is 2.08. The summed E-state index contributed by atoms with van der Waals surface area (Å²) in [6, 6.07) is 3.37. The minimum atomic E-state index is -0.160. The number of amides is 1. The first-order valence-electron chi connectivity index (χ1n) is 3.88. The second-order valence-electron chi connectivity index (χ2n) is 2.60. The lowest BCUT2D eigenvalue weighted by Crippen LogP contribution is -2.19. The number of carbonyl (C=O) groups excluding carboxylic acids is 1. The van der Waals surface area contributed by atoms with Crippen LogP contribution in [0, 0.1) is 0 Å². The van der Waals surface area contributed by atoms with E-state index in [0.29, 0.717) is 11.5 Å². The van der Waals surface area contributed by atoms with Gasteiger partial charge in [-0.2, -0.15) is 0 Å². The highest BCUT2D eigenvalue weighted by atomic mass is 32.1. The van der Waals surface area contributed by atoms with Crippen molar-refractivity contribution in [2.24, 2.45) is 5.73 Å². The topological polar surface area (TPSA) is 80.0 Å². The van der Waals surface area contributed by atoms with E-state index < -0.39 is 0 Å². The van der Waals surface area contributed by atoms with Crippen molar-refractivity contribution in [2.75, 3.05) is 10.6 Å². The van der Waals surface area contributed by atoms with Gasteiger partial charge in [-0.1, -0.05) is 0 Å². The Morgan fingerprint density at radius 3 is 2.64 bits per heavy atom. The van der Waals surface area contributed by atoms with Crippen LogP contribution in [-0.4, -0.2) is 16.0 Å². The molecule has 14 heavy (non-hydrogen) atoms. The summed E-state index contributed by atoms with van der Waals surface area (Å²) in [6.07, 6.45) is 1.53. The highest BCUT2D eigenvalue weighted by molar-refractivity contribution is 7.80. The molecule has 0 aliphatic carbocycles. The molecular weight excluding hydrogens is 200 g/mol. The molecule has 0 atom stereocenters. The lowest BCUT2D eigenvalue weighted by atomic mass is 10.4. The Bertz CT molecular complexity index is 314. The van der Waals surface area contributed by atoms with Gasteiger partial charge < -0.3 is 16.4 Å². The van der Waals surface area contributed by atoms with E-state index in [1.807, 2.05) is 0 Å². The molecule has 0 saturated carbocycles. The van der Waals surface area contributed by atoms with Crippen LogP contribution in [0.25, 0.3) is 0 Å². The third kappa shape index (κ3) is 3.36. The van der Waals surface area contributed by atoms with E-state index in [0.717, 1.165) is 0 Å². The molecular formula is C8H10N4OS. The fraction of sp³-hybridized carbons (Fsp3) is 0.125. The van der Waals surface area contributed by atoms with Crippen LogP contribution < -0.4 is 16.4 Å². The summed E-state index contributed by atoms with van der Waals surface area (Å²) in [5.41, 5.74) is 5.95. The largest absolute Gasteiger partial charge is 0.376 e. The molecule has 1 heterocycles. The lowest BCUT2D eigenvalue weighted by Gasteiger charge is -2.04. The van der Waals surface area contributed by atoms with Crippen LogP contribution in [0.4, 0.5) is 11.5 Å². The predicted octanol–water partition coefficient (Wildman–Crippen LogP) is 0.695. The van der Waals surface area contributed by atoms with Gasteiger partial charge in [0.15, 0.2) is 5.11 Å². The number of thiocarbonyl (C=S) groups is 1. The van der Waals surface area contributed by atoms with Crippen LogP contribution >= 0.6 is 12.2 Å². The minimum Gasteiger partial charge on any atom is -0.376 e. The van der Waals surface area contributed by atoms with Crippen LogP contribution in [0.15, 0.2) is 18.3 Å². The van der Waals surface area contributed by atoms with Crippen molar-refractivity contribution in [3.8, 4) is 0 Å². The van der Waals surface area contributed by atoms with Crippen molar-refractivity contribution in [2.45, 2.75) is 6.92 Å². The summed E-state index contributed by atoms with van der Waals surface area (Å²) < 4.78 is 0. The molecule has 0 bridgehead atoms. The number of nitrogens with two attached hydrogens (primary N) is 1. The Morgan fingerprint density at radius 1 is 1.50 bits per heavy atom. The van der Waals surface area contributed by atoms with Gasteiger partial charge in [-0.05, 0) is 24.4 Å². The second-order valence-corrected chi connectivity index (χ2v) is 3.04. The molecule has 0 aliphatic heterocycles. The molecule has 1 rings (SSSR count). The van der Waals surface area contributed by atoms with E-state index in [2.05, 4.69) is 27.8 Å². The Hall–Kier alpha value is -1.69. The molecule has 0 spiro atoms. The zero-order chi connectivity index (χ0) is 10.6. The minimum absolute atomic E-state index is 0.160. The number of hydrogen-bond acceptors (Lipinski definition) is 3. The molecule has 0 aliphatic rings. The third-order valence-electron chi connectivity index (χ3n) is 1.34. The summed E-state index contributed by atoms with van der Waals surface area (Å²) in [5, 5.41) is 5.44. The standard InChI is InChI=1S/C8H10N4OS/c1-5(13)11-7-3-2-6(4-10-7)12-8(9)14/h2-4H,1H3,(H3,9,12,14)(H,10,11,13). The molecule has 1 aromatic heterocycles. The summed E-state index contributed by atoms with van der Waals surface area (Å²) in [6.45, 7) is 1.42. The van der Waals surface area contributed by atoms with Gasteiger partial charge in [0.05, 0.1) is 11.9 Å². The van der Waals surface area contributed by atoms with Gasteiger partial charge in [0, 0.05) is 6.92 Å². The summed E-state index contributed by atoms with van der Waals surface area (Å²) in [4.78, 5) is 14.6. The number of anilines is 2. The molecule has 0 fully saturated rings. The normalized spacial score (nSPS) is 9.21. The quantitative estimate of drug-likeness (QED) is 0.626. The number of nitrogens with zero attached hydrogens (tertiary/aromatic N) is 1. The maximum atomic E-state index is 10.7. The van der Waals surface area contributed by atoms with Crippen LogP contribution in [0.2, 0.25) is 0 Å². The smallest absolute Gasteiger partial charge is 0.222 e. The number of carbonyl (C=O) groups is 1. The maximum absolute atomic E-state index is 10.7. The first kappa shape index (κ1) is 10.4. The molecule has 1 aromatic rings. The molecule has 6 heteroatoms. The fourth-order valence-corrected chi connectivity index (χ4v) is 0.982. The van der Waals surface area contributed by atoms with Gasteiger partial charge in [0.2, 0.25) is 5.91 Å². The fourth-order valence-electron chi connectivity index (χ4n) is 0.864. The third-order valence-corrected chi connectivity index (χ3v) is 1.44. The van der Waals surface area contributed by atoms with E-state index in [-0.39, 0.29) is 11.0 Å². The number of rotatable bonds is 2. The Morgan fingerprint density at radius 2 is 2.21 bits per heavy atom. The van der Waals surface area contributed by atoms with Gasteiger partial charge in [0.1, 0.15) is 5.82 Å². The first-order valence-corrected chi connectivity index (χ1v) is 4.29. The van der Waals surface area contributed by atoms with E-state index in [4.69, 9.17) is 5.73 Å². The zero-order valence-electron chi connectivity index (χ0n) is 7.57. The number of aromatic nitrogens is 1. The average Bonchev–Trinajstić information content (AvgIpc) is 2.06. The molecule has 0 saturated heterocycles. The summed E-state index contributed by atoms with van der Waals surface area (Å²) in [5.74, 6) is 0.332. The van der Waals surface area contributed by atoms with Crippen LogP contribution in [0.1, 0.15) is 6.92 Å². The molecule has 1 amide bonds. The molecule has 4 N–H and O–H groups in total. The van der Waals surface area contributed by atoms with Crippen molar-refractivity contribution in [3.05, 3.63) is 18.3 Å². The lowest BCUT2D eigenvalue weighted by molar-refractivity contribution is -0.114. The number of hydrogen-bond donors (Lipinski definition) is 3. The predicted molar refractivity (Wildman–Crippen MR) is 58.9 cm³/mol. The van der Waals surface area contributed by atoms with E-state index >= 15 is 0 Å². The maximum Gasteiger partial charge on any atom is 0.222 e. The van der Waals surface area contributed by atoms with Crippen molar-refractivity contribution >= 4 is 34.7 Å². The van der Waals surface area contributed by atoms with Crippen molar-refractivity contribution in [1.82, 2.24) is 4.98 Å². The molecule has 0 aromatic carbocycles. The molecule has 0 unspecified atom stereocenters. The highest BCUT2D eigenvalue weighted by Gasteiger charge is 1.97. The molecule has 0 radical (unpaired) electrons. The van der Waals surface area contributed by atoms with E-state index in [1.165, 1.54) is 13.1 Å². The van der Waals surface area contributed by atoms with Gasteiger partial charge in [-0.25, -0.2) is 4.98 Å². The van der Waals surface area contributed by atoms with Gasteiger partial charge in [-0.3, -0.25) is 4.79 Å². The Labute approximate surface area is 86.7 Å². The van der Waals surface area contributed by atoms with E-state index in [9.17, 15) is 4.79 Å². The van der Waals surface area contributed by atoms with E-state index in [1.54, 1.807) is 12.1 Å². The average molecular weight is 210 g/mol.